The third-order valence-corrected chi connectivity index (χ3v) is 4.52. The van der Waals surface area contributed by atoms with E-state index in [9.17, 15) is 4.79 Å². The quantitative estimate of drug-likeness (QED) is 0.743. The van der Waals surface area contributed by atoms with Crippen LogP contribution in [0.5, 0.6) is 0 Å². The first-order valence-electron chi connectivity index (χ1n) is 6.94. The van der Waals surface area contributed by atoms with Crippen molar-refractivity contribution >= 4 is 17.3 Å². The highest BCUT2D eigenvalue weighted by Gasteiger charge is 2.45. The van der Waals surface area contributed by atoms with Crippen molar-refractivity contribution < 1.29 is 4.79 Å². The summed E-state index contributed by atoms with van der Waals surface area (Å²) in [7, 11) is 0. The summed E-state index contributed by atoms with van der Waals surface area (Å²) in [6, 6.07) is 14.5. The van der Waals surface area contributed by atoms with Gasteiger partial charge in [0.25, 0.3) is 0 Å². The van der Waals surface area contributed by atoms with Gasteiger partial charge in [0.1, 0.15) is 0 Å². The highest BCUT2D eigenvalue weighted by atomic mass is 16.2. The Morgan fingerprint density at radius 2 is 2.00 bits per heavy atom. The van der Waals surface area contributed by atoms with E-state index < -0.39 is 0 Å². The number of carbonyl (C=O) groups is 1. The highest BCUT2D eigenvalue weighted by molar-refractivity contribution is 5.96. The molecule has 0 bridgehead atoms. The van der Waals surface area contributed by atoms with Gasteiger partial charge in [-0.15, -0.1) is 0 Å². The minimum Gasteiger partial charge on any atom is -0.399 e. The Labute approximate surface area is 118 Å². The average molecular weight is 264 g/mol. The third-order valence-electron chi connectivity index (χ3n) is 4.52. The molecular weight excluding hydrogens is 248 g/mol. The van der Waals surface area contributed by atoms with Gasteiger partial charge in [0, 0.05) is 24.2 Å². The minimum atomic E-state index is 0.0974. The second kappa shape index (κ2) is 3.85. The maximum Gasteiger partial charge on any atom is 0.224 e. The monoisotopic (exact) mass is 264 g/mol. The molecule has 1 heterocycles. The van der Waals surface area contributed by atoms with E-state index in [1.807, 2.05) is 23.1 Å². The molecule has 2 aromatic carbocycles. The van der Waals surface area contributed by atoms with E-state index in [0.29, 0.717) is 5.92 Å². The molecule has 2 N–H and O–H groups in total. The van der Waals surface area contributed by atoms with Gasteiger partial charge in [-0.05, 0) is 41.3 Å². The maximum absolute atomic E-state index is 12.1. The van der Waals surface area contributed by atoms with E-state index in [1.54, 1.807) is 6.92 Å². The van der Waals surface area contributed by atoms with Gasteiger partial charge in [0.15, 0.2) is 0 Å². The molecule has 0 saturated heterocycles. The SMILES string of the molecule is CC(=O)N1c2ccc(N)cc2C2Cc3ccccc3C21. The van der Waals surface area contributed by atoms with Crippen molar-refractivity contribution in [2.24, 2.45) is 0 Å². The lowest BCUT2D eigenvalue weighted by Crippen LogP contribution is -2.29. The van der Waals surface area contributed by atoms with Gasteiger partial charge < -0.3 is 10.6 Å². The fraction of sp³-hybridized carbons (Fsp3) is 0.235. The molecular formula is C17H16N2O. The van der Waals surface area contributed by atoms with Gasteiger partial charge in [0.05, 0.1) is 6.04 Å². The minimum absolute atomic E-state index is 0.0974. The molecule has 3 nitrogen and oxygen atoms in total. The first-order valence-corrected chi connectivity index (χ1v) is 6.94. The molecule has 1 amide bonds. The van der Waals surface area contributed by atoms with Crippen molar-refractivity contribution in [1.82, 2.24) is 0 Å². The van der Waals surface area contributed by atoms with E-state index in [1.165, 1.54) is 16.7 Å². The lowest BCUT2D eigenvalue weighted by atomic mass is 9.95. The van der Waals surface area contributed by atoms with Crippen LogP contribution in [-0.4, -0.2) is 5.91 Å². The number of rotatable bonds is 0. The first-order chi connectivity index (χ1) is 9.66. The number of nitrogen functional groups attached to an aromatic ring is 1. The van der Waals surface area contributed by atoms with Gasteiger partial charge in [-0.1, -0.05) is 24.3 Å². The number of anilines is 2. The molecule has 0 saturated carbocycles. The predicted molar refractivity (Wildman–Crippen MR) is 79.6 cm³/mol. The highest BCUT2D eigenvalue weighted by Crippen LogP contribution is 2.55. The van der Waals surface area contributed by atoms with Crippen LogP contribution in [0, 0.1) is 0 Å². The lowest BCUT2D eigenvalue weighted by molar-refractivity contribution is -0.117. The third kappa shape index (κ3) is 1.38. The summed E-state index contributed by atoms with van der Waals surface area (Å²) in [6.07, 6.45) is 0.987. The normalized spacial score (nSPS) is 22.4. The molecule has 2 atom stereocenters. The Morgan fingerprint density at radius 1 is 1.20 bits per heavy atom. The van der Waals surface area contributed by atoms with Crippen molar-refractivity contribution in [1.29, 1.82) is 0 Å². The molecule has 1 aliphatic carbocycles. The lowest BCUT2D eigenvalue weighted by Gasteiger charge is -2.24. The van der Waals surface area contributed by atoms with Crippen molar-refractivity contribution in [3.05, 3.63) is 59.2 Å². The second-order valence-corrected chi connectivity index (χ2v) is 5.66. The van der Waals surface area contributed by atoms with Crippen LogP contribution in [0.4, 0.5) is 11.4 Å². The number of carbonyl (C=O) groups excluding carboxylic acids is 1. The molecule has 100 valence electrons. The van der Waals surface area contributed by atoms with Gasteiger partial charge in [-0.25, -0.2) is 0 Å². The number of hydrogen-bond acceptors (Lipinski definition) is 2. The van der Waals surface area contributed by atoms with Gasteiger partial charge in [-0.3, -0.25) is 4.79 Å². The molecule has 2 aliphatic rings. The Balaban J connectivity index is 1.93. The molecule has 1 aliphatic heterocycles. The van der Waals surface area contributed by atoms with Crippen LogP contribution in [0.25, 0.3) is 0 Å². The van der Waals surface area contributed by atoms with Crippen molar-refractivity contribution in [3.63, 3.8) is 0 Å². The summed E-state index contributed by atoms with van der Waals surface area (Å²) in [5.41, 5.74) is 11.6. The molecule has 0 radical (unpaired) electrons. The number of amides is 1. The largest absolute Gasteiger partial charge is 0.399 e. The van der Waals surface area contributed by atoms with E-state index in [-0.39, 0.29) is 11.9 Å². The fourth-order valence-electron chi connectivity index (χ4n) is 3.78. The Bertz CT molecular complexity index is 723. The zero-order valence-corrected chi connectivity index (χ0v) is 11.3. The second-order valence-electron chi connectivity index (χ2n) is 5.66. The van der Waals surface area contributed by atoms with Crippen LogP contribution in [0.15, 0.2) is 42.5 Å². The van der Waals surface area contributed by atoms with Gasteiger partial charge in [0.2, 0.25) is 5.91 Å². The Hall–Kier alpha value is -2.29. The molecule has 2 unspecified atom stereocenters. The molecule has 2 aromatic rings. The van der Waals surface area contributed by atoms with Crippen LogP contribution >= 0.6 is 0 Å². The summed E-state index contributed by atoms with van der Waals surface area (Å²) >= 11 is 0. The zero-order chi connectivity index (χ0) is 13.9. The summed E-state index contributed by atoms with van der Waals surface area (Å²) < 4.78 is 0. The predicted octanol–water partition coefficient (Wildman–Crippen LogP) is 3.02. The van der Waals surface area contributed by atoms with Crippen LogP contribution < -0.4 is 10.6 Å². The maximum atomic E-state index is 12.1. The van der Waals surface area contributed by atoms with Crippen molar-refractivity contribution in [2.45, 2.75) is 25.3 Å². The standard InChI is InChI=1S/C17H16N2O/c1-10(20)19-16-7-6-12(18)9-14(16)15-8-11-4-2-3-5-13(11)17(15)19/h2-7,9,15,17H,8,18H2,1H3. The van der Waals surface area contributed by atoms with Crippen molar-refractivity contribution in [2.75, 3.05) is 10.6 Å². The number of benzene rings is 2. The molecule has 3 heteroatoms. The number of fused-ring (bicyclic) bond motifs is 5. The summed E-state index contributed by atoms with van der Waals surface area (Å²) in [4.78, 5) is 14.1. The molecule has 20 heavy (non-hydrogen) atoms. The molecule has 0 fully saturated rings. The van der Waals surface area contributed by atoms with Gasteiger partial charge >= 0.3 is 0 Å². The molecule has 4 rings (SSSR count). The zero-order valence-electron chi connectivity index (χ0n) is 11.3. The summed E-state index contributed by atoms with van der Waals surface area (Å²) in [5.74, 6) is 0.440. The Kier molecular flexibility index (Phi) is 2.22. The number of nitrogens with two attached hydrogens (primary N) is 1. The van der Waals surface area contributed by atoms with Crippen LogP contribution in [0.3, 0.4) is 0 Å². The van der Waals surface area contributed by atoms with Gasteiger partial charge in [-0.2, -0.15) is 0 Å². The van der Waals surface area contributed by atoms with Crippen molar-refractivity contribution in [3.8, 4) is 0 Å². The van der Waals surface area contributed by atoms with E-state index in [2.05, 4.69) is 24.3 Å². The Morgan fingerprint density at radius 3 is 2.80 bits per heavy atom. The summed E-state index contributed by atoms with van der Waals surface area (Å²) in [6.45, 7) is 1.64. The smallest absolute Gasteiger partial charge is 0.224 e. The first kappa shape index (κ1) is 11.5. The van der Waals surface area contributed by atoms with E-state index in [0.717, 1.165) is 17.8 Å². The number of nitrogens with zero attached hydrogens (tertiary/aromatic N) is 1. The number of hydrogen-bond donors (Lipinski definition) is 1. The topological polar surface area (TPSA) is 46.3 Å². The van der Waals surface area contributed by atoms with E-state index >= 15 is 0 Å². The molecule has 0 aromatic heterocycles. The summed E-state index contributed by atoms with van der Waals surface area (Å²) in [5, 5.41) is 0. The van der Waals surface area contributed by atoms with Crippen LogP contribution in [0.2, 0.25) is 0 Å². The van der Waals surface area contributed by atoms with Crippen LogP contribution in [-0.2, 0) is 11.2 Å². The molecule has 0 spiro atoms. The van der Waals surface area contributed by atoms with Crippen LogP contribution in [0.1, 0.15) is 35.6 Å². The average Bonchev–Trinajstić information content (AvgIpc) is 2.93. The fourth-order valence-corrected chi connectivity index (χ4v) is 3.78. The van der Waals surface area contributed by atoms with E-state index in [4.69, 9.17) is 5.73 Å².